The molecule has 0 saturated carbocycles. The molecule has 0 radical (unpaired) electrons. The van der Waals surface area contributed by atoms with Crippen LogP contribution in [0, 0.1) is 5.92 Å². The number of nitrogens with zero attached hydrogens (tertiary/aromatic N) is 3. The van der Waals surface area contributed by atoms with Gasteiger partial charge in [-0.05, 0) is 63.3 Å². The van der Waals surface area contributed by atoms with E-state index in [1.807, 2.05) is 23.2 Å². The Balaban J connectivity index is 1.54. The molecule has 1 atom stereocenters. The smallest absolute Gasteiger partial charge is 0.243 e. The number of sulfonamides is 1. The number of piperidine rings is 2. The van der Waals surface area contributed by atoms with E-state index in [4.69, 9.17) is 0 Å². The van der Waals surface area contributed by atoms with Crippen molar-refractivity contribution in [1.82, 2.24) is 13.8 Å². The van der Waals surface area contributed by atoms with E-state index in [2.05, 4.69) is 11.5 Å². The second-order valence-corrected chi connectivity index (χ2v) is 9.85. The minimum atomic E-state index is -3.59. The summed E-state index contributed by atoms with van der Waals surface area (Å²) in [5.74, 6) is -0.0818. The minimum Gasteiger partial charge on any atom is -0.348 e. The van der Waals surface area contributed by atoms with Crippen LogP contribution in [0.2, 0.25) is 0 Å². The van der Waals surface area contributed by atoms with Gasteiger partial charge in [0.2, 0.25) is 15.9 Å². The molecule has 2 fully saturated rings. The number of rotatable bonds is 4. The summed E-state index contributed by atoms with van der Waals surface area (Å²) in [6, 6.07) is 7.29. The van der Waals surface area contributed by atoms with Gasteiger partial charge in [0.05, 0.1) is 10.8 Å². The van der Waals surface area contributed by atoms with E-state index >= 15 is 0 Å². The van der Waals surface area contributed by atoms with Crippen molar-refractivity contribution < 1.29 is 13.2 Å². The molecule has 2 aliphatic rings. The number of likely N-dealkylation sites (tertiary alicyclic amines) is 1. The van der Waals surface area contributed by atoms with Crippen molar-refractivity contribution in [2.45, 2.75) is 50.5 Å². The Kier molecular flexibility index (Phi) is 5.47. The Morgan fingerprint density at radius 1 is 1.07 bits per heavy atom. The van der Waals surface area contributed by atoms with Gasteiger partial charge in [-0.1, -0.05) is 0 Å². The van der Waals surface area contributed by atoms with E-state index in [0.29, 0.717) is 18.0 Å². The molecule has 6 nitrogen and oxygen atoms in total. The number of carbonyl (C=O) groups excluding carboxylic acids is 1. The van der Waals surface area contributed by atoms with Gasteiger partial charge in [0.1, 0.15) is 0 Å². The average Bonchev–Trinajstić information content (AvgIpc) is 3.16. The molecule has 2 aromatic rings. The van der Waals surface area contributed by atoms with E-state index in [9.17, 15) is 13.2 Å². The summed E-state index contributed by atoms with van der Waals surface area (Å²) >= 11 is 0. The average molecular weight is 404 g/mol. The summed E-state index contributed by atoms with van der Waals surface area (Å²) in [6.07, 6.45) is 6.78. The molecule has 28 heavy (non-hydrogen) atoms. The van der Waals surface area contributed by atoms with Gasteiger partial charge >= 0.3 is 0 Å². The van der Waals surface area contributed by atoms with Crippen LogP contribution >= 0.6 is 0 Å². The lowest BCUT2D eigenvalue weighted by molar-refractivity contribution is -0.137. The zero-order valence-electron chi connectivity index (χ0n) is 16.5. The molecule has 0 bridgehead atoms. The fourth-order valence-corrected chi connectivity index (χ4v) is 6.06. The first kappa shape index (κ1) is 19.5. The predicted molar refractivity (Wildman–Crippen MR) is 110 cm³/mol. The SMILES string of the molecule is CCn1ccc2cc(S(=O)(=O)N3CCCC(C(=O)N4CCCCC4)C3)ccc21. The Morgan fingerprint density at radius 2 is 1.86 bits per heavy atom. The van der Waals surface area contributed by atoms with Crippen LogP contribution < -0.4 is 0 Å². The molecule has 0 N–H and O–H groups in total. The second kappa shape index (κ2) is 7.87. The van der Waals surface area contributed by atoms with Crippen molar-refractivity contribution in [3.05, 3.63) is 30.5 Å². The van der Waals surface area contributed by atoms with Crippen molar-refractivity contribution in [2.75, 3.05) is 26.2 Å². The van der Waals surface area contributed by atoms with Crippen LogP contribution in [0.3, 0.4) is 0 Å². The van der Waals surface area contributed by atoms with Crippen LogP contribution in [0.5, 0.6) is 0 Å². The summed E-state index contributed by atoms with van der Waals surface area (Å²) in [4.78, 5) is 15.1. The fourth-order valence-electron chi connectivity index (χ4n) is 4.50. The maximum absolute atomic E-state index is 13.2. The summed E-state index contributed by atoms with van der Waals surface area (Å²) in [5, 5.41) is 0.931. The number of amides is 1. The van der Waals surface area contributed by atoms with E-state index < -0.39 is 10.0 Å². The molecule has 1 aromatic heterocycles. The van der Waals surface area contributed by atoms with Crippen molar-refractivity contribution >= 4 is 26.8 Å². The summed E-state index contributed by atoms with van der Waals surface area (Å²) in [5.41, 5.74) is 1.04. The number of aromatic nitrogens is 1. The van der Waals surface area contributed by atoms with Gasteiger partial charge < -0.3 is 9.47 Å². The van der Waals surface area contributed by atoms with Crippen molar-refractivity contribution in [3.63, 3.8) is 0 Å². The summed E-state index contributed by atoms with van der Waals surface area (Å²) in [7, 11) is -3.59. The van der Waals surface area contributed by atoms with Gasteiger partial charge in [0, 0.05) is 49.8 Å². The Morgan fingerprint density at radius 3 is 2.61 bits per heavy atom. The maximum atomic E-state index is 13.2. The quantitative estimate of drug-likeness (QED) is 0.788. The zero-order chi connectivity index (χ0) is 19.7. The molecule has 1 aromatic carbocycles. The molecule has 3 heterocycles. The third-order valence-electron chi connectivity index (χ3n) is 6.12. The van der Waals surface area contributed by atoms with Gasteiger partial charge in [0.15, 0.2) is 0 Å². The van der Waals surface area contributed by atoms with E-state index in [-0.39, 0.29) is 11.8 Å². The fraction of sp³-hybridized carbons (Fsp3) is 0.571. The molecule has 2 aliphatic heterocycles. The molecule has 7 heteroatoms. The van der Waals surface area contributed by atoms with Crippen LogP contribution in [-0.2, 0) is 21.4 Å². The van der Waals surface area contributed by atoms with Gasteiger partial charge in [-0.15, -0.1) is 0 Å². The van der Waals surface area contributed by atoms with Crippen molar-refractivity contribution in [2.24, 2.45) is 5.92 Å². The van der Waals surface area contributed by atoms with Crippen LogP contribution in [0.4, 0.5) is 0 Å². The molecule has 2 saturated heterocycles. The lowest BCUT2D eigenvalue weighted by atomic mass is 9.97. The van der Waals surface area contributed by atoms with Gasteiger partial charge in [-0.2, -0.15) is 4.31 Å². The van der Waals surface area contributed by atoms with Crippen molar-refractivity contribution in [1.29, 1.82) is 0 Å². The van der Waals surface area contributed by atoms with Crippen LogP contribution in [0.1, 0.15) is 39.0 Å². The highest BCUT2D eigenvalue weighted by Gasteiger charge is 2.35. The van der Waals surface area contributed by atoms with Crippen molar-refractivity contribution in [3.8, 4) is 0 Å². The maximum Gasteiger partial charge on any atom is 0.243 e. The monoisotopic (exact) mass is 403 g/mol. The predicted octanol–water partition coefficient (Wildman–Crippen LogP) is 3.07. The lowest BCUT2D eigenvalue weighted by Crippen LogP contribution is -2.47. The van der Waals surface area contributed by atoms with Crippen LogP contribution in [0.15, 0.2) is 35.4 Å². The van der Waals surface area contributed by atoms with Gasteiger partial charge in [-0.3, -0.25) is 4.79 Å². The van der Waals surface area contributed by atoms with E-state index in [1.54, 1.807) is 12.1 Å². The number of aryl methyl sites for hydroxylation is 1. The van der Waals surface area contributed by atoms with Gasteiger partial charge in [0.25, 0.3) is 0 Å². The number of fused-ring (bicyclic) bond motifs is 1. The highest BCUT2D eigenvalue weighted by molar-refractivity contribution is 7.89. The number of carbonyl (C=O) groups is 1. The molecule has 1 unspecified atom stereocenters. The topological polar surface area (TPSA) is 62.6 Å². The normalized spacial score (nSPS) is 21.9. The van der Waals surface area contributed by atoms with E-state index in [0.717, 1.165) is 56.2 Å². The highest BCUT2D eigenvalue weighted by atomic mass is 32.2. The summed E-state index contributed by atoms with van der Waals surface area (Å²) < 4.78 is 30.1. The second-order valence-electron chi connectivity index (χ2n) is 7.91. The van der Waals surface area contributed by atoms with Crippen LogP contribution in [-0.4, -0.2) is 54.3 Å². The molecular formula is C21H29N3O3S. The Hall–Kier alpha value is -1.86. The third kappa shape index (κ3) is 3.57. The third-order valence-corrected chi connectivity index (χ3v) is 7.98. The van der Waals surface area contributed by atoms with Crippen LogP contribution in [0.25, 0.3) is 10.9 Å². The number of hydrogen-bond donors (Lipinski definition) is 0. The molecule has 0 spiro atoms. The minimum absolute atomic E-state index is 0.134. The Labute approximate surface area is 167 Å². The molecule has 1 amide bonds. The standard InChI is InChI=1S/C21H29N3O3S/c1-2-22-14-10-17-15-19(8-9-20(17)22)28(26,27)24-13-6-7-18(16-24)21(25)23-11-4-3-5-12-23/h8-10,14-15,18H,2-7,11-13,16H2,1H3. The largest absolute Gasteiger partial charge is 0.348 e. The molecule has 152 valence electrons. The first-order valence-corrected chi connectivity index (χ1v) is 11.8. The molecular weight excluding hydrogens is 374 g/mol. The number of benzene rings is 1. The summed E-state index contributed by atoms with van der Waals surface area (Å²) in [6.45, 7) is 5.32. The van der Waals surface area contributed by atoms with Gasteiger partial charge in [-0.25, -0.2) is 8.42 Å². The first-order chi connectivity index (χ1) is 13.5. The Bertz CT molecular complexity index is 960. The zero-order valence-corrected chi connectivity index (χ0v) is 17.3. The van der Waals surface area contributed by atoms with E-state index in [1.165, 1.54) is 10.7 Å². The number of hydrogen-bond acceptors (Lipinski definition) is 3. The lowest BCUT2D eigenvalue weighted by Gasteiger charge is -2.35. The molecule has 4 rings (SSSR count). The molecule has 0 aliphatic carbocycles. The highest BCUT2D eigenvalue weighted by Crippen LogP contribution is 2.28. The first-order valence-electron chi connectivity index (χ1n) is 10.4.